The molecule has 3 nitrogen and oxygen atoms in total. The molecule has 0 aliphatic heterocycles. The van der Waals surface area contributed by atoms with E-state index in [-0.39, 0.29) is 5.75 Å². The van der Waals surface area contributed by atoms with Crippen LogP contribution in [0.2, 0.25) is 0 Å². The lowest BCUT2D eigenvalue weighted by Gasteiger charge is -2.16. The van der Waals surface area contributed by atoms with Gasteiger partial charge in [-0.1, -0.05) is 6.92 Å². The van der Waals surface area contributed by atoms with Gasteiger partial charge in [0.1, 0.15) is 0 Å². The molecule has 0 saturated carbocycles. The van der Waals surface area contributed by atoms with Crippen LogP contribution in [0.1, 0.15) is 25.0 Å². The lowest BCUT2D eigenvalue weighted by molar-refractivity contribution is 0.317. The van der Waals surface area contributed by atoms with Crippen LogP contribution in [0.3, 0.4) is 0 Å². The van der Waals surface area contributed by atoms with Crippen molar-refractivity contribution in [3.8, 4) is 11.5 Å². The van der Waals surface area contributed by atoms with E-state index < -0.39 is 0 Å². The fraction of sp³-hybridized carbons (Fsp3) is 0.571. The Labute approximate surface area is 104 Å². The molecular formula is C14H23NO2. The third-order valence-corrected chi connectivity index (χ3v) is 3.02. The molecule has 0 fully saturated rings. The van der Waals surface area contributed by atoms with Crippen molar-refractivity contribution in [3.05, 3.63) is 23.3 Å². The molecule has 0 heterocycles. The zero-order valence-electron chi connectivity index (χ0n) is 11.3. The molecule has 0 amide bonds. The monoisotopic (exact) mass is 237 g/mol. The first-order chi connectivity index (χ1) is 8.08. The Balaban J connectivity index is 2.80. The van der Waals surface area contributed by atoms with Crippen molar-refractivity contribution in [2.45, 2.75) is 27.2 Å². The Morgan fingerprint density at radius 2 is 2.00 bits per heavy atom. The predicted molar refractivity (Wildman–Crippen MR) is 70.9 cm³/mol. The van der Waals surface area contributed by atoms with Gasteiger partial charge in [-0.25, -0.2) is 0 Å². The van der Waals surface area contributed by atoms with Gasteiger partial charge >= 0.3 is 0 Å². The first-order valence-electron chi connectivity index (χ1n) is 6.22. The molecule has 0 aliphatic carbocycles. The summed E-state index contributed by atoms with van der Waals surface area (Å²) in [6, 6.07) is 3.74. The number of aromatic hydroxyl groups is 1. The fourth-order valence-electron chi connectivity index (χ4n) is 1.72. The Morgan fingerprint density at radius 1 is 1.29 bits per heavy atom. The summed E-state index contributed by atoms with van der Waals surface area (Å²) in [6.45, 7) is 8.74. The molecule has 17 heavy (non-hydrogen) atoms. The summed E-state index contributed by atoms with van der Waals surface area (Å²) < 4.78 is 5.40. The molecule has 0 bridgehead atoms. The fourth-order valence-corrected chi connectivity index (χ4v) is 1.72. The van der Waals surface area contributed by atoms with Crippen LogP contribution in [0.4, 0.5) is 0 Å². The number of likely N-dealkylation sites (N-methyl/N-ethyl adjacent to an activating group) is 1. The Bertz CT molecular complexity index is 363. The van der Waals surface area contributed by atoms with Crippen LogP contribution >= 0.6 is 0 Å². The number of hydrogen-bond donors (Lipinski definition) is 1. The van der Waals surface area contributed by atoms with Crippen LogP contribution in [0.5, 0.6) is 11.5 Å². The third-order valence-electron chi connectivity index (χ3n) is 3.02. The number of aryl methyl sites for hydroxylation is 1. The minimum atomic E-state index is 0.233. The number of phenolic OH excluding ortho intramolecular Hbond substituents is 1. The number of nitrogens with zero attached hydrogens (tertiary/aromatic N) is 1. The van der Waals surface area contributed by atoms with E-state index in [0.29, 0.717) is 12.4 Å². The van der Waals surface area contributed by atoms with Crippen molar-refractivity contribution >= 4 is 0 Å². The van der Waals surface area contributed by atoms with Gasteiger partial charge in [0.2, 0.25) is 0 Å². The van der Waals surface area contributed by atoms with Crippen LogP contribution in [0.15, 0.2) is 12.1 Å². The van der Waals surface area contributed by atoms with Gasteiger partial charge in [-0.05, 0) is 57.1 Å². The van der Waals surface area contributed by atoms with E-state index in [0.717, 1.165) is 25.1 Å². The smallest absolute Gasteiger partial charge is 0.161 e. The van der Waals surface area contributed by atoms with E-state index in [2.05, 4.69) is 18.9 Å². The molecular weight excluding hydrogens is 214 g/mol. The van der Waals surface area contributed by atoms with E-state index in [1.54, 1.807) is 6.07 Å². The molecule has 1 aromatic carbocycles. The van der Waals surface area contributed by atoms with Gasteiger partial charge in [-0.15, -0.1) is 0 Å². The number of rotatable bonds is 6. The SMILES string of the molecule is CCOc1cc(CCN(C)CC)c(C)cc1O. The van der Waals surface area contributed by atoms with Crippen molar-refractivity contribution in [3.63, 3.8) is 0 Å². The highest BCUT2D eigenvalue weighted by atomic mass is 16.5. The minimum Gasteiger partial charge on any atom is -0.504 e. The molecule has 3 heteroatoms. The van der Waals surface area contributed by atoms with Crippen LogP contribution in [-0.2, 0) is 6.42 Å². The van der Waals surface area contributed by atoms with Crippen LogP contribution in [0, 0.1) is 6.92 Å². The van der Waals surface area contributed by atoms with Gasteiger partial charge in [0.15, 0.2) is 11.5 Å². The second-order valence-corrected chi connectivity index (χ2v) is 4.33. The van der Waals surface area contributed by atoms with Gasteiger partial charge in [0, 0.05) is 6.54 Å². The predicted octanol–water partition coefficient (Wildman–Crippen LogP) is 2.59. The van der Waals surface area contributed by atoms with Crippen molar-refractivity contribution < 1.29 is 9.84 Å². The lowest BCUT2D eigenvalue weighted by Crippen LogP contribution is -2.20. The molecule has 1 N–H and O–H groups in total. The van der Waals surface area contributed by atoms with E-state index in [9.17, 15) is 5.11 Å². The van der Waals surface area contributed by atoms with Crippen LogP contribution < -0.4 is 4.74 Å². The molecule has 96 valence electrons. The van der Waals surface area contributed by atoms with Gasteiger partial charge in [0.05, 0.1) is 6.61 Å². The van der Waals surface area contributed by atoms with E-state index in [1.807, 2.05) is 19.9 Å². The molecule has 0 atom stereocenters. The maximum Gasteiger partial charge on any atom is 0.161 e. The zero-order valence-corrected chi connectivity index (χ0v) is 11.3. The quantitative estimate of drug-likeness (QED) is 0.825. The number of phenols is 1. The maximum atomic E-state index is 9.74. The zero-order chi connectivity index (χ0) is 12.8. The van der Waals surface area contributed by atoms with Gasteiger partial charge < -0.3 is 14.7 Å². The normalized spacial score (nSPS) is 10.9. The number of hydrogen-bond acceptors (Lipinski definition) is 3. The average Bonchev–Trinajstić information content (AvgIpc) is 2.30. The largest absolute Gasteiger partial charge is 0.504 e. The van der Waals surface area contributed by atoms with Crippen molar-refractivity contribution in [1.82, 2.24) is 4.90 Å². The van der Waals surface area contributed by atoms with E-state index in [4.69, 9.17) is 4.74 Å². The highest BCUT2D eigenvalue weighted by Gasteiger charge is 2.08. The Hall–Kier alpha value is -1.22. The first-order valence-corrected chi connectivity index (χ1v) is 6.22. The summed E-state index contributed by atoms with van der Waals surface area (Å²) in [5.74, 6) is 0.823. The molecule has 0 saturated heterocycles. The summed E-state index contributed by atoms with van der Waals surface area (Å²) in [5.41, 5.74) is 2.36. The number of benzene rings is 1. The maximum absolute atomic E-state index is 9.74. The van der Waals surface area contributed by atoms with Crippen LogP contribution in [-0.4, -0.2) is 36.8 Å². The van der Waals surface area contributed by atoms with Gasteiger partial charge in [-0.2, -0.15) is 0 Å². The summed E-state index contributed by atoms with van der Waals surface area (Å²) in [7, 11) is 2.11. The summed E-state index contributed by atoms with van der Waals surface area (Å²) >= 11 is 0. The lowest BCUT2D eigenvalue weighted by atomic mass is 10.0. The van der Waals surface area contributed by atoms with Crippen molar-refractivity contribution in [1.29, 1.82) is 0 Å². The topological polar surface area (TPSA) is 32.7 Å². The van der Waals surface area contributed by atoms with E-state index in [1.165, 1.54) is 5.56 Å². The summed E-state index contributed by atoms with van der Waals surface area (Å²) in [5, 5.41) is 9.74. The molecule has 1 rings (SSSR count). The molecule has 0 radical (unpaired) electrons. The highest BCUT2D eigenvalue weighted by molar-refractivity contribution is 5.46. The second kappa shape index (κ2) is 6.50. The standard InChI is InChI=1S/C14H23NO2/c1-5-15(4)8-7-12-10-14(17-6-2)13(16)9-11(12)3/h9-10,16H,5-8H2,1-4H3. The van der Waals surface area contributed by atoms with Gasteiger partial charge in [0.25, 0.3) is 0 Å². The Morgan fingerprint density at radius 3 is 2.59 bits per heavy atom. The Kier molecular flexibility index (Phi) is 5.29. The minimum absolute atomic E-state index is 0.233. The number of ether oxygens (including phenoxy) is 1. The molecule has 0 aliphatic rings. The molecule has 0 spiro atoms. The van der Waals surface area contributed by atoms with Crippen molar-refractivity contribution in [2.24, 2.45) is 0 Å². The second-order valence-electron chi connectivity index (χ2n) is 4.33. The third kappa shape index (κ3) is 3.93. The highest BCUT2D eigenvalue weighted by Crippen LogP contribution is 2.29. The van der Waals surface area contributed by atoms with Crippen LogP contribution in [0.25, 0.3) is 0 Å². The van der Waals surface area contributed by atoms with Crippen molar-refractivity contribution in [2.75, 3.05) is 26.7 Å². The molecule has 0 aromatic heterocycles. The molecule has 1 aromatic rings. The molecule has 0 unspecified atom stereocenters. The summed E-state index contributed by atoms with van der Waals surface area (Å²) in [4.78, 5) is 2.27. The van der Waals surface area contributed by atoms with E-state index >= 15 is 0 Å². The summed E-state index contributed by atoms with van der Waals surface area (Å²) in [6.07, 6.45) is 0.983. The first kappa shape index (κ1) is 13.8. The average molecular weight is 237 g/mol. The van der Waals surface area contributed by atoms with Gasteiger partial charge in [-0.3, -0.25) is 0 Å².